The summed E-state index contributed by atoms with van der Waals surface area (Å²) in [6.07, 6.45) is 1.94. The first kappa shape index (κ1) is 21.2. The van der Waals surface area contributed by atoms with Crippen LogP contribution in [0.2, 0.25) is 0 Å². The van der Waals surface area contributed by atoms with Crippen molar-refractivity contribution in [2.24, 2.45) is 5.92 Å². The van der Waals surface area contributed by atoms with Gasteiger partial charge in [-0.2, -0.15) is 18.4 Å². The zero-order chi connectivity index (χ0) is 21.1. The second kappa shape index (κ2) is 9.01. The van der Waals surface area contributed by atoms with Crippen molar-refractivity contribution in [3.05, 3.63) is 29.3 Å². The molecule has 2 aliphatic rings. The average Bonchev–Trinajstić information content (AvgIpc) is 3.29. The number of tetrazole rings is 1. The molecule has 1 aliphatic heterocycles. The van der Waals surface area contributed by atoms with Crippen molar-refractivity contribution in [2.45, 2.75) is 69.6 Å². The Bertz CT molecular complexity index is 809. The van der Waals surface area contributed by atoms with Crippen molar-refractivity contribution >= 4 is 0 Å². The third-order valence-corrected chi connectivity index (χ3v) is 6.72. The van der Waals surface area contributed by atoms with Crippen LogP contribution in [-0.4, -0.2) is 45.8 Å². The summed E-state index contributed by atoms with van der Waals surface area (Å²) in [5, 5.41) is 21.0. The van der Waals surface area contributed by atoms with E-state index in [1.54, 1.807) is 6.07 Å². The largest absolute Gasteiger partial charge is 0.416 e. The number of aromatic amines is 1. The Morgan fingerprint density at radius 3 is 2.43 bits per heavy atom. The monoisotopic (exact) mass is 422 g/mol. The molecule has 1 aliphatic carbocycles. The Labute approximate surface area is 174 Å². The van der Waals surface area contributed by atoms with E-state index in [9.17, 15) is 13.2 Å². The van der Waals surface area contributed by atoms with Crippen molar-refractivity contribution in [3.63, 3.8) is 0 Å². The van der Waals surface area contributed by atoms with Crippen LogP contribution in [0.3, 0.4) is 0 Å². The molecule has 164 valence electrons. The molecule has 2 heterocycles. The van der Waals surface area contributed by atoms with Crippen LogP contribution in [0.5, 0.6) is 0 Å². The van der Waals surface area contributed by atoms with Crippen LogP contribution in [-0.2, 0) is 6.18 Å². The van der Waals surface area contributed by atoms with E-state index in [0.29, 0.717) is 23.6 Å². The Balaban J connectivity index is 1.44. The van der Waals surface area contributed by atoms with Crippen molar-refractivity contribution in [1.29, 1.82) is 0 Å². The summed E-state index contributed by atoms with van der Waals surface area (Å²) in [6.45, 7) is 4.47. The van der Waals surface area contributed by atoms with E-state index in [1.807, 2.05) is 0 Å². The lowest BCUT2D eigenvalue weighted by Gasteiger charge is -2.35. The lowest BCUT2D eigenvalue weighted by Crippen LogP contribution is -2.45. The molecule has 1 unspecified atom stereocenters. The minimum atomic E-state index is -4.40. The highest BCUT2D eigenvalue weighted by Crippen LogP contribution is 2.40. The van der Waals surface area contributed by atoms with Gasteiger partial charge in [-0.05, 0) is 93.3 Å². The zero-order valence-corrected chi connectivity index (χ0v) is 17.2. The number of piperidine rings is 1. The van der Waals surface area contributed by atoms with E-state index < -0.39 is 11.7 Å². The molecule has 2 fully saturated rings. The molecule has 1 aromatic heterocycles. The molecule has 0 radical (unpaired) electrons. The molecule has 0 bridgehead atoms. The number of H-pyrrole nitrogens is 1. The van der Waals surface area contributed by atoms with Gasteiger partial charge in [-0.1, -0.05) is 6.07 Å². The highest BCUT2D eigenvalue weighted by Gasteiger charge is 2.33. The predicted molar refractivity (Wildman–Crippen MR) is 108 cm³/mol. The van der Waals surface area contributed by atoms with Crippen molar-refractivity contribution < 1.29 is 13.2 Å². The molecule has 6 nitrogen and oxygen atoms in total. The first-order valence-corrected chi connectivity index (χ1v) is 10.8. The molecule has 1 saturated heterocycles. The SMILES string of the molecule is CC(NC1CCC(c2ccc(C(F)(F)F)cc2-c2nn[nH]n2)CC1)C1CCNCC1. The van der Waals surface area contributed by atoms with Gasteiger partial charge in [-0.3, -0.25) is 0 Å². The molecule has 1 saturated carbocycles. The predicted octanol–water partition coefficient (Wildman–Crippen LogP) is 3.89. The lowest BCUT2D eigenvalue weighted by molar-refractivity contribution is -0.137. The quantitative estimate of drug-likeness (QED) is 0.681. The van der Waals surface area contributed by atoms with E-state index in [1.165, 1.54) is 18.9 Å². The Kier molecular flexibility index (Phi) is 6.38. The van der Waals surface area contributed by atoms with Crippen LogP contribution in [0, 0.1) is 5.92 Å². The minimum Gasteiger partial charge on any atom is -0.317 e. The van der Waals surface area contributed by atoms with Gasteiger partial charge in [0.15, 0.2) is 0 Å². The first-order valence-electron chi connectivity index (χ1n) is 10.8. The van der Waals surface area contributed by atoms with Crippen LogP contribution in [0.4, 0.5) is 13.2 Å². The zero-order valence-electron chi connectivity index (χ0n) is 17.2. The maximum atomic E-state index is 13.2. The molecule has 3 N–H and O–H groups in total. The summed E-state index contributed by atoms with van der Waals surface area (Å²) in [6, 6.07) is 4.89. The van der Waals surface area contributed by atoms with Gasteiger partial charge in [0.25, 0.3) is 0 Å². The maximum Gasteiger partial charge on any atom is 0.416 e. The fourth-order valence-corrected chi connectivity index (χ4v) is 4.98. The van der Waals surface area contributed by atoms with Crippen LogP contribution >= 0.6 is 0 Å². The summed E-state index contributed by atoms with van der Waals surface area (Å²) in [5.41, 5.74) is 0.629. The molecule has 2 aromatic rings. The van der Waals surface area contributed by atoms with Crippen molar-refractivity contribution in [1.82, 2.24) is 31.3 Å². The summed E-state index contributed by atoms with van der Waals surface area (Å²) in [7, 11) is 0. The molecule has 0 spiro atoms. The maximum absolute atomic E-state index is 13.2. The number of nitrogens with zero attached hydrogens (tertiary/aromatic N) is 3. The van der Waals surface area contributed by atoms with Gasteiger partial charge < -0.3 is 10.6 Å². The van der Waals surface area contributed by atoms with Crippen LogP contribution < -0.4 is 10.6 Å². The van der Waals surface area contributed by atoms with E-state index in [-0.39, 0.29) is 11.7 Å². The van der Waals surface area contributed by atoms with Gasteiger partial charge in [-0.15, -0.1) is 10.2 Å². The van der Waals surface area contributed by atoms with E-state index in [4.69, 9.17) is 0 Å². The van der Waals surface area contributed by atoms with Gasteiger partial charge in [0, 0.05) is 17.6 Å². The summed E-state index contributed by atoms with van der Waals surface area (Å²) in [5.74, 6) is 1.13. The number of hydrogen-bond donors (Lipinski definition) is 3. The highest BCUT2D eigenvalue weighted by atomic mass is 19.4. The molecular formula is C21H29F3N6. The van der Waals surface area contributed by atoms with Gasteiger partial charge in [0.2, 0.25) is 5.82 Å². The molecule has 0 amide bonds. The van der Waals surface area contributed by atoms with E-state index in [0.717, 1.165) is 50.4 Å². The number of halogens is 3. The van der Waals surface area contributed by atoms with E-state index >= 15 is 0 Å². The average molecular weight is 422 g/mol. The van der Waals surface area contributed by atoms with Gasteiger partial charge in [-0.25, -0.2) is 0 Å². The number of rotatable bonds is 5. The molecule has 1 atom stereocenters. The van der Waals surface area contributed by atoms with E-state index in [2.05, 4.69) is 38.2 Å². The van der Waals surface area contributed by atoms with Crippen molar-refractivity contribution in [3.8, 4) is 11.4 Å². The minimum absolute atomic E-state index is 0.202. The number of benzene rings is 1. The summed E-state index contributed by atoms with van der Waals surface area (Å²) in [4.78, 5) is 0. The van der Waals surface area contributed by atoms with Gasteiger partial charge in [0.05, 0.1) is 5.56 Å². The molecule has 4 rings (SSSR count). The lowest BCUT2D eigenvalue weighted by atomic mass is 9.79. The second-order valence-electron chi connectivity index (χ2n) is 8.63. The molecule has 30 heavy (non-hydrogen) atoms. The number of hydrogen-bond acceptors (Lipinski definition) is 5. The summed E-state index contributed by atoms with van der Waals surface area (Å²) < 4.78 is 39.7. The number of nitrogens with one attached hydrogen (secondary N) is 3. The standard InChI is InChI=1S/C21H29F3N6/c1-13(14-8-10-25-11-9-14)26-17-5-2-15(3-6-17)18-7-4-16(21(22,23)24)12-19(18)20-27-29-30-28-20/h4,7,12-15,17,25-26H,2-3,5-6,8-11H2,1H3,(H,27,28,29,30). The van der Waals surface area contributed by atoms with Crippen molar-refractivity contribution in [2.75, 3.05) is 13.1 Å². The molecule has 9 heteroatoms. The van der Waals surface area contributed by atoms with Crippen LogP contribution in [0.1, 0.15) is 62.5 Å². The third-order valence-electron chi connectivity index (χ3n) is 6.72. The molecule has 1 aromatic carbocycles. The fraction of sp³-hybridized carbons (Fsp3) is 0.667. The number of aromatic nitrogens is 4. The topological polar surface area (TPSA) is 78.5 Å². The van der Waals surface area contributed by atoms with Crippen LogP contribution in [0.15, 0.2) is 18.2 Å². The smallest absolute Gasteiger partial charge is 0.317 e. The third kappa shape index (κ3) is 4.83. The van der Waals surface area contributed by atoms with Gasteiger partial charge in [0.1, 0.15) is 0 Å². The second-order valence-corrected chi connectivity index (χ2v) is 8.63. The number of alkyl halides is 3. The summed E-state index contributed by atoms with van der Waals surface area (Å²) >= 11 is 0. The highest BCUT2D eigenvalue weighted by molar-refractivity contribution is 5.62. The van der Waals surface area contributed by atoms with Gasteiger partial charge >= 0.3 is 6.18 Å². The molecular weight excluding hydrogens is 393 g/mol. The Morgan fingerprint density at radius 2 is 1.80 bits per heavy atom. The Hall–Kier alpha value is -2.00. The Morgan fingerprint density at radius 1 is 1.07 bits per heavy atom. The fourth-order valence-electron chi connectivity index (χ4n) is 4.98. The first-order chi connectivity index (χ1) is 14.4. The normalized spacial score (nSPS) is 24.7. The van der Waals surface area contributed by atoms with Crippen LogP contribution in [0.25, 0.3) is 11.4 Å².